The van der Waals surface area contributed by atoms with Gasteiger partial charge in [-0.05, 0) is 12.1 Å². The van der Waals surface area contributed by atoms with Crippen LogP contribution in [0.25, 0.3) is 0 Å². The van der Waals surface area contributed by atoms with Crippen molar-refractivity contribution >= 4 is 41.2 Å². The molecule has 0 heterocycles. The summed E-state index contributed by atoms with van der Waals surface area (Å²) in [7, 11) is 0. The fourth-order valence-electron chi connectivity index (χ4n) is 0.802. The van der Waals surface area contributed by atoms with Crippen LogP contribution in [0.3, 0.4) is 0 Å². The minimum atomic E-state index is -0.516. The van der Waals surface area contributed by atoms with E-state index in [1.165, 1.54) is 31.2 Å². The summed E-state index contributed by atoms with van der Waals surface area (Å²) in [6.07, 6.45) is 0. The molecule has 0 aliphatic carbocycles. The molecule has 1 rings (SSSR count). The molecule has 0 atom stereocenters. The molecule has 0 aliphatic rings. The van der Waals surface area contributed by atoms with Crippen LogP contribution in [0.5, 0.6) is 5.75 Å². The Kier molecular flexibility index (Phi) is 5.37. The van der Waals surface area contributed by atoms with Gasteiger partial charge in [0.2, 0.25) is 0 Å². The van der Waals surface area contributed by atoms with Gasteiger partial charge in [-0.15, -0.1) is 0 Å². The second-order valence-corrected chi connectivity index (χ2v) is 2.34. The average molecular weight is 205 g/mol. The number of ether oxygens (including phenoxy) is 1. The number of hydrogen-bond acceptors (Lipinski definition) is 4. The summed E-state index contributed by atoms with van der Waals surface area (Å²) in [4.78, 5) is 20.2. The van der Waals surface area contributed by atoms with Crippen LogP contribution in [-0.2, 0) is 4.79 Å². The Morgan fingerprint density at radius 2 is 1.86 bits per heavy atom. The summed E-state index contributed by atoms with van der Waals surface area (Å²) >= 11 is 0. The predicted molar refractivity (Wildman–Crippen MR) is 51.6 cm³/mol. The summed E-state index contributed by atoms with van der Waals surface area (Å²) < 4.78 is 4.69. The van der Waals surface area contributed by atoms with E-state index in [1.54, 1.807) is 0 Å². The number of nitro benzene ring substituents is 1. The normalized spacial score (nSPS) is 8.64. The molecule has 0 aromatic heterocycles. The van der Waals surface area contributed by atoms with Gasteiger partial charge in [-0.2, -0.15) is 0 Å². The third kappa shape index (κ3) is 3.87. The molecule has 0 aliphatic heterocycles. The first-order valence-corrected chi connectivity index (χ1v) is 3.52. The fraction of sp³-hybridized carbons (Fsp3) is 0.125. The number of benzene rings is 1. The van der Waals surface area contributed by atoms with Crippen LogP contribution in [0.1, 0.15) is 6.92 Å². The molecule has 0 radical (unpaired) electrons. The van der Waals surface area contributed by atoms with E-state index in [4.69, 9.17) is 0 Å². The van der Waals surface area contributed by atoms with Crippen LogP contribution in [-0.4, -0.2) is 40.4 Å². The van der Waals surface area contributed by atoms with Gasteiger partial charge in [0.1, 0.15) is 5.75 Å². The summed E-state index contributed by atoms with van der Waals surface area (Å²) in [5, 5.41) is 10.2. The Balaban J connectivity index is 0.00000169. The fourth-order valence-corrected chi connectivity index (χ4v) is 0.802. The molecule has 0 amide bonds. The average Bonchev–Trinajstić information content (AvgIpc) is 2.04. The maximum atomic E-state index is 10.5. The van der Waals surface area contributed by atoms with E-state index < -0.39 is 10.9 Å². The van der Waals surface area contributed by atoms with Crippen LogP contribution in [0.15, 0.2) is 24.3 Å². The Morgan fingerprint density at radius 3 is 2.21 bits per heavy atom. The van der Waals surface area contributed by atoms with Crippen LogP contribution in [0.4, 0.5) is 5.69 Å². The molecule has 0 N–H and O–H groups in total. The zero-order valence-electron chi connectivity index (χ0n) is 6.89. The number of rotatable bonds is 2. The van der Waals surface area contributed by atoms with E-state index >= 15 is 0 Å². The van der Waals surface area contributed by atoms with Crippen molar-refractivity contribution in [2.24, 2.45) is 0 Å². The summed E-state index contributed by atoms with van der Waals surface area (Å²) in [5.74, 6) is -0.146. The summed E-state index contributed by atoms with van der Waals surface area (Å²) in [6.45, 7) is 1.27. The van der Waals surface area contributed by atoms with Crippen LogP contribution >= 0.6 is 0 Å². The van der Waals surface area contributed by atoms with Gasteiger partial charge in [0.15, 0.2) is 0 Å². The Hall–Kier alpha value is -0.910. The molecule has 6 heteroatoms. The third-order valence-electron chi connectivity index (χ3n) is 1.31. The quantitative estimate of drug-likeness (QED) is 0.236. The second kappa shape index (κ2) is 5.74. The van der Waals surface area contributed by atoms with Crippen molar-refractivity contribution < 1.29 is 14.5 Å². The zero-order valence-corrected chi connectivity index (χ0v) is 6.89. The molecule has 1 aromatic carbocycles. The number of hydrogen-bond donors (Lipinski definition) is 0. The molecule has 0 saturated carbocycles. The van der Waals surface area contributed by atoms with Crippen molar-refractivity contribution in [2.75, 3.05) is 0 Å². The van der Waals surface area contributed by atoms with E-state index in [1.807, 2.05) is 0 Å². The summed E-state index contributed by atoms with van der Waals surface area (Å²) in [6, 6.07) is 5.30. The standard InChI is InChI=1S/C8H7NO4.Na.H/c1-6(10)13-8-4-2-7(3-5-8)9(11)12;;/h2-5H,1H3;;. The zero-order chi connectivity index (χ0) is 9.84. The van der Waals surface area contributed by atoms with Crippen molar-refractivity contribution in [1.29, 1.82) is 0 Å². The van der Waals surface area contributed by atoms with E-state index in [0.717, 1.165) is 0 Å². The van der Waals surface area contributed by atoms with Crippen LogP contribution in [0.2, 0.25) is 0 Å². The third-order valence-corrected chi connectivity index (χ3v) is 1.31. The molecule has 0 bridgehead atoms. The molecule has 70 valence electrons. The number of nitro groups is 1. The van der Waals surface area contributed by atoms with Crippen molar-refractivity contribution in [1.82, 2.24) is 0 Å². The first-order valence-electron chi connectivity index (χ1n) is 3.52. The topological polar surface area (TPSA) is 69.4 Å². The van der Waals surface area contributed by atoms with E-state index in [0.29, 0.717) is 5.75 Å². The van der Waals surface area contributed by atoms with E-state index in [9.17, 15) is 14.9 Å². The molecular formula is C8H8NNaO4. The van der Waals surface area contributed by atoms with Gasteiger partial charge >= 0.3 is 35.5 Å². The van der Waals surface area contributed by atoms with E-state index in [-0.39, 0.29) is 35.2 Å². The van der Waals surface area contributed by atoms with Gasteiger partial charge < -0.3 is 4.74 Å². The Labute approximate surface area is 103 Å². The number of carbonyl (C=O) groups is 1. The molecule has 1 aromatic rings. The first kappa shape index (κ1) is 13.1. The number of nitrogens with zero attached hydrogens (tertiary/aromatic N) is 1. The summed E-state index contributed by atoms with van der Waals surface area (Å²) in [5.41, 5.74) is -0.0316. The van der Waals surface area contributed by atoms with Gasteiger partial charge in [0, 0.05) is 19.1 Å². The van der Waals surface area contributed by atoms with Crippen LogP contribution < -0.4 is 4.74 Å². The minimum absolute atomic E-state index is 0. The van der Waals surface area contributed by atoms with E-state index in [2.05, 4.69) is 4.74 Å². The molecule has 0 saturated heterocycles. The Bertz CT molecular complexity index is 336. The molecule has 0 spiro atoms. The second-order valence-electron chi connectivity index (χ2n) is 2.34. The van der Waals surface area contributed by atoms with Gasteiger partial charge in [-0.3, -0.25) is 14.9 Å². The monoisotopic (exact) mass is 205 g/mol. The number of esters is 1. The van der Waals surface area contributed by atoms with Crippen molar-refractivity contribution in [3.63, 3.8) is 0 Å². The molecule has 0 fully saturated rings. The van der Waals surface area contributed by atoms with Crippen LogP contribution in [0, 0.1) is 10.1 Å². The van der Waals surface area contributed by atoms with Gasteiger partial charge in [-0.1, -0.05) is 0 Å². The van der Waals surface area contributed by atoms with Crippen molar-refractivity contribution in [3.8, 4) is 5.75 Å². The number of non-ortho nitro benzene ring substituents is 1. The molecular weight excluding hydrogens is 197 g/mol. The van der Waals surface area contributed by atoms with Gasteiger partial charge in [-0.25, -0.2) is 0 Å². The van der Waals surface area contributed by atoms with Gasteiger partial charge in [0.05, 0.1) is 4.92 Å². The predicted octanol–water partition coefficient (Wildman–Crippen LogP) is 0.872. The SMILES string of the molecule is CC(=O)Oc1ccc([N+](=O)[O-])cc1.[NaH]. The molecule has 0 unspecified atom stereocenters. The van der Waals surface area contributed by atoms with Crippen molar-refractivity contribution in [3.05, 3.63) is 34.4 Å². The Morgan fingerprint density at radius 1 is 1.36 bits per heavy atom. The van der Waals surface area contributed by atoms with Gasteiger partial charge in [0.25, 0.3) is 5.69 Å². The number of carbonyl (C=O) groups excluding carboxylic acids is 1. The first-order chi connectivity index (χ1) is 6.09. The maximum absolute atomic E-state index is 10.5. The molecule has 5 nitrogen and oxygen atoms in total. The van der Waals surface area contributed by atoms with Crippen molar-refractivity contribution in [2.45, 2.75) is 6.92 Å². The molecule has 14 heavy (non-hydrogen) atoms.